The van der Waals surface area contributed by atoms with Crippen molar-refractivity contribution in [1.82, 2.24) is 4.98 Å². The number of pyridine rings is 1. The standard InChI is InChI=1S/C13H8F5N3O2/c14-10-6-8(7-11(15)20-10)19-12(22)21(23-13(16,17)18)9-4-2-1-3-5-9/h1-7H,(H,19,20,22). The number of para-hydroxylation sites is 1. The molecule has 1 N–H and O–H groups in total. The van der Waals surface area contributed by atoms with Crippen LogP contribution >= 0.6 is 0 Å². The van der Waals surface area contributed by atoms with Gasteiger partial charge in [-0.15, -0.1) is 13.2 Å². The smallest absolute Gasteiger partial charge is 0.305 e. The van der Waals surface area contributed by atoms with E-state index in [4.69, 9.17) is 0 Å². The third-order valence-corrected chi connectivity index (χ3v) is 2.38. The molecule has 0 bridgehead atoms. The summed E-state index contributed by atoms with van der Waals surface area (Å²) in [6.45, 7) is 0. The highest BCUT2D eigenvalue weighted by Crippen LogP contribution is 2.24. The minimum atomic E-state index is -5.15. The minimum Gasteiger partial charge on any atom is -0.305 e. The van der Waals surface area contributed by atoms with E-state index in [1.54, 1.807) is 0 Å². The van der Waals surface area contributed by atoms with Crippen LogP contribution in [0, 0.1) is 11.9 Å². The fourth-order valence-electron chi connectivity index (χ4n) is 1.59. The number of nitrogens with zero attached hydrogens (tertiary/aromatic N) is 2. The molecule has 23 heavy (non-hydrogen) atoms. The molecule has 2 rings (SSSR count). The van der Waals surface area contributed by atoms with E-state index in [2.05, 4.69) is 9.82 Å². The summed E-state index contributed by atoms with van der Waals surface area (Å²) in [5.74, 6) is -2.49. The summed E-state index contributed by atoms with van der Waals surface area (Å²) in [6, 6.07) is 6.50. The summed E-state index contributed by atoms with van der Waals surface area (Å²) in [6.07, 6.45) is -5.15. The minimum absolute atomic E-state index is 0.0871. The zero-order valence-corrected chi connectivity index (χ0v) is 11.1. The number of urea groups is 1. The summed E-state index contributed by atoms with van der Waals surface area (Å²) in [4.78, 5) is 18.4. The first kappa shape index (κ1) is 16.6. The lowest BCUT2D eigenvalue weighted by molar-refractivity contribution is -0.324. The molecule has 1 heterocycles. The van der Waals surface area contributed by atoms with Gasteiger partial charge in [-0.25, -0.2) is 4.79 Å². The van der Waals surface area contributed by atoms with E-state index in [9.17, 15) is 26.7 Å². The number of carbonyl (C=O) groups is 1. The normalized spacial score (nSPS) is 11.2. The van der Waals surface area contributed by atoms with Crippen molar-refractivity contribution in [3.05, 3.63) is 54.4 Å². The van der Waals surface area contributed by atoms with Gasteiger partial charge in [0.2, 0.25) is 11.9 Å². The Bertz CT molecular complexity index is 674. The van der Waals surface area contributed by atoms with Crippen LogP contribution in [0.25, 0.3) is 0 Å². The van der Waals surface area contributed by atoms with E-state index in [0.29, 0.717) is 12.1 Å². The number of alkyl halides is 3. The van der Waals surface area contributed by atoms with Crippen molar-refractivity contribution in [2.45, 2.75) is 6.36 Å². The van der Waals surface area contributed by atoms with Crippen LogP contribution in [0.15, 0.2) is 42.5 Å². The summed E-state index contributed by atoms with van der Waals surface area (Å²) in [5.41, 5.74) is -0.663. The molecule has 0 atom stereocenters. The van der Waals surface area contributed by atoms with Crippen molar-refractivity contribution in [3.8, 4) is 0 Å². The molecule has 0 saturated heterocycles. The van der Waals surface area contributed by atoms with Gasteiger partial charge in [0.25, 0.3) is 0 Å². The quantitative estimate of drug-likeness (QED) is 0.527. The van der Waals surface area contributed by atoms with Gasteiger partial charge in [0.15, 0.2) is 0 Å². The molecule has 1 aromatic heterocycles. The number of aromatic nitrogens is 1. The van der Waals surface area contributed by atoms with Crippen molar-refractivity contribution >= 4 is 17.4 Å². The van der Waals surface area contributed by atoms with Crippen LogP contribution in [0.2, 0.25) is 0 Å². The summed E-state index contributed by atoms with van der Waals surface area (Å²) >= 11 is 0. The molecule has 0 saturated carbocycles. The first-order chi connectivity index (χ1) is 10.7. The molecule has 5 nitrogen and oxygen atoms in total. The lowest BCUT2D eigenvalue weighted by Crippen LogP contribution is -2.39. The molecule has 2 amide bonds. The average molecular weight is 333 g/mol. The molecule has 0 aliphatic rings. The molecule has 10 heteroatoms. The topological polar surface area (TPSA) is 54.5 Å². The van der Waals surface area contributed by atoms with Gasteiger partial charge >= 0.3 is 12.4 Å². The Morgan fingerprint density at radius 3 is 2.17 bits per heavy atom. The first-order valence-electron chi connectivity index (χ1n) is 6.00. The highest BCUT2D eigenvalue weighted by molar-refractivity contribution is 6.00. The number of hydrogen-bond acceptors (Lipinski definition) is 3. The molecule has 122 valence electrons. The van der Waals surface area contributed by atoms with Crippen LogP contribution in [-0.4, -0.2) is 17.4 Å². The van der Waals surface area contributed by atoms with E-state index in [-0.39, 0.29) is 10.8 Å². The van der Waals surface area contributed by atoms with Crippen molar-refractivity contribution < 1.29 is 31.6 Å². The maximum absolute atomic E-state index is 12.9. The molecule has 0 aliphatic heterocycles. The van der Waals surface area contributed by atoms with Crippen molar-refractivity contribution in [3.63, 3.8) is 0 Å². The van der Waals surface area contributed by atoms with Crippen molar-refractivity contribution in [2.75, 3.05) is 10.4 Å². The molecular weight excluding hydrogens is 325 g/mol. The number of halogens is 5. The summed E-state index contributed by atoms with van der Waals surface area (Å²) in [7, 11) is 0. The molecular formula is C13H8F5N3O2. The van der Waals surface area contributed by atoms with E-state index in [0.717, 1.165) is 0 Å². The van der Waals surface area contributed by atoms with E-state index in [1.807, 2.05) is 5.32 Å². The van der Waals surface area contributed by atoms with Gasteiger partial charge in [-0.05, 0) is 12.1 Å². The molecule has 1 aromatic carbocycles. The first-order valence-corrected chi connectivity index (χ1v) is 6.00. The van der Waals surface area contributed by atoms with E-state index in [1.165, 1.54) is 30.3 Å². The lowest BCUT2D eigenvalue weighted by atomic mass is 10.3. The predicted octanol–water partition coefficient (Wildman–Crippen LogP) is 3.85. The van der Waals surface area contributed by atoms with Gasteiger partial charge in [0, 0.05) is 12.1 Å². The van der Waals surface area contributed by atoms with Gasteiger partial charge in [-0.3, -0.25) is 0 Å². The van der Waals surface area contributed by atoms with Gasteiger partial charge in [0.1, 0.15) is 0 Å². The number of rotatable bonds is 3. The fraction of sp³-hybridized carbons (Fsp3) is 0.0769. The number of amides is 2. The second kappa shape index (κ2) is 6.57. The monoisotopic (exact) mass is 333 g/mol. The van der Waals surface area contributed by atoms with Crippen molar-refractivity contribution in [1.29, 1.82) is 0 Å². The number of nitrogens with one attached hydrogen (secondary N) is 1. The third-order valence-electron chi connectivity index (χ3n) is 2.38. The number of carbonyl (C=O) groups excluding carboxylic acids is 1. The third kappa shape index (κ3) is 4.88. The number of benzene rings is 1. The summed E-state index contributed by atoms with van der Waals surface area (Å²) in [5, 5.41) is 1.80. The summed E-state index contributed by atoms with van der Waals surface area (Å²) < 4.78 is 63.2. The zero-order valence-electron chi connectivity index (χ0n) is 11.1. The number of anilines is 2. The Kier molecular flexibility index (Phi) is 4.74. The van der Waals surface area contributed by atoms with Crippen LogP contribution in [-0.2, 0) is 4.84 Å². The SMILES string of the molecule is O=C(Nc1cc(F)nc(F)c1)N(OC(F)(F)F)c1ccccc1. The average Bonchev–Trinajstić information content (AvgIpc) is 2.43. The van der Waals surface area contributed by atoms with Crippen LogP contribution in [0.5, 0.6) is 0 Å². The Balaban J connectivity index is 2.26. The number of hydrogen-bond donors (Lipinski definition) is 1. The molecule has 2 aromatic rings. The predicted molar refractivity (Wildman–Crippen MR) is 69.2 cm³/mol. The van der Waals surface area contributed by atoms with E-state index < -0.39 is 30.0 Å². The number of hydroxylamine groups is 1. The van der Waals surface area contributed by atoms with Crippen LogP contribution in [0.1, 0.15) is 0 Å². The molecule has 0 radical (unpaired) electrons. The van der Waals surface area contributed by atoms with Gasteiger partial charge in [-0.1, -0.05) is 18.2 Å². The Hall–Kier alpha value is -2.75. The highest BCUT2D eigenvalue weighted by atomic mass is 19.4. The van der Waals surface area contributed by atoms with Gasteiger partial charge in [0.05, 0.1) is 11.4 Å². The van der Waals surface area contributed by atoms with Gasteiger partial charge < -0.3 is 5.32 Å². The van der Waals surface area contributed by atoms with Crippen LogP contribution in [0.3, 0.4) is 0 Å². The molecule has 0 unspecified atom stereocenters. The molecule has 0 spiro atoms. The Morgan fingerprint density at radius 2 is 1.65 bits per heavy atom. The second-order valence-corrected chi connectivity index (χ2v) is 4.10. The molecule has 0 fully saturated rings. The van der Waals surface area contributed by atoms with Crippen LogP contribution < -0.4 is 10.4 Å². The Labute approximate surface area is 126 Å². The molecule has 0 aliphatic carbocycles. The van der Waals surface area contributed by atoms with Crippen LogP contribution in [0.4, 0.5) is 38.1 Å². The maximum Gasteiger partial charge on any atom is 0.544 e. The Morgan fingerprint density at radius 1 is 1.09 bits per heavy atom. The lowest BCUT2D eigenvalue weighted by Gasteiger charge is -2.22. The van der Waals surface area contributed by atoms with Gasteiger partial charge in [-0.2, -0.15) is 23.7 Å². The van der Waals surface area contributed by atoms with E-state index >= 15 is 0 Å². The maximum atomic E-state index is 12.9. The van der Waals surface area contributed by atoms with Crippen molar-refractivity contribution in [2.24, 2.45) is 0 Å². The fourth-order valence-corrected chi connectivity index (χ4v) is 1.59. The zero-order chi connectivity index (χ0) is 17.0. The second-order valence-electron chi connectivity index (χ2n) is 4.10. The largest absolute Gasteiger partial charge is 0.544 e. The highest BCUT2D eigenvalue weighted by Gasteiger charge is 2.36.